The van der Waals surface area contributed by atoms with Crippen LogP contribution in [-0.2, 0) is 0 Å². The van der Waals surface area contributed by atoms with Gasteiger partial charge >= 0.3 is 5.97 Å². The zero-order chi connectivity index (χ0) is 12.7. The maximum absolute atomic E-state index is 11.1. The van der Waals surface area contributed by atoms with Crippen LogP contribution in [0.3, 0.4) is 0 Å². The topological polar surface area (TPSA) is 70.7 Å². The highest BCUT2D eigenvalue weighted by Crippen LogP contribution is 2.23. The van der Waals surface area contributed by atoms with Gasteiger partial charge in [-0.2, -0.15) is 0 Å². The lowest BCUT2D eigenvalue weighted by molar-refractivity contribution is 0.0688. The number of imidazole rings is 1. The number of anilines is 1. The molecule has 0 aromatic carbocycles. The van der Waals surface area contributed by atoms with Gasteiger partial charge in [-0.1, -0.05) is 0 Å². The maximum atomic E-state index is 11.1. The van der Waals surface area contributed by atoms with Crippen molar-refractivity contribution in [1.29, 1.82) is 0 Å². The van der Waals surface area contributed by atoms with Gasteiger partial charge in [0.15, 0.2) is 11.3 Å². The molecule has 0 radical (unpaired) electrons. The molecule has 0 aliphatic carbocycles. The number of rotatable bonds is 2. The molecule has 0 bridgehead atoms. The first kappa shape index (κ1) is 11.0. The van der Waals surface area contributed by atoms with Crippen LogP contribution in [0.2, 0.25) is 0 Å². The van der Waals surface area contributed by atoms with Crippen molar-refractivity contribution in [1.82, 2.24) is 14.6 Å². The molecular weight excluding hydrogens is 232 g/mol. The number of carbonyl (C=O) groups is 1. The molecule has 6 nitrogen and oxygen atoms in total. The lowest BCUT2D eigenvalue weighted by Gasteiger charge is -2.22. The number of aromatic nitrogens is 3. The van der Waals surface area contributed by atoms with E-state index in [9.17, 15) is 4.79 Å². The Balaban J connectivity index is 2.09. The molecule has 1 aliphatic heterocycles. The molecule has 94 valence electrons. The van der Waals surface area contributed by atoms with Crippen LogP contribution < -0.4 is 4.90 Å². The number of carboxylic acid groups (broad SMARTS) is 1. The molecule has 18 heavy (non-hydrogen) atoms. The lowest BCUT2D eigenvalue weighted by atomic mass is 10.2. The third-order valence-electron chi connectivity index (χ3n) is 3.41. The summed E-state index contributed by atoms with van der Waals surface area (Å²) in [5.41, 5.74) is 0.654. The van der Waals surface area contributed by atoms with Crippen molar-refractivity contribution in [3.05, 3.63) is 24.0 Å². The largest absolute Gasteiger partial charge is 0.476 e. The van der Waals surface area contributed by atoms with Crippen LogP contribution in [-0.4, -0.2) is 38.3 Å². The van der Waals surface area contributed by atoms with Crippen molar-refractivity contribution in [2.75, 3.05) is 11.4 Å². The van der Waals surface area contributed by atoms with Crippen LogP contribution in [0.25, 0.3) is 5.65 Å². The van der Waals surface area contributed by atoms with Crippen LogP contribution >= 0.6 is 0 Å². The average Bonchev–Trinajstić information content (AvgIpc) is 2.93. The van der Waals surface area contributed by atoms with Crippen molar-refractivity contribution in [2.45, 2.75) is 25.8 Å². The Hall–Kier alpha value is -2.11. The Morgan fingerprint density at radius 1 is 1.50 bits per heavy atom. The standard InChI is InChI=1S/C12H14N4O2/c1-8-3-2-6-15(8)11-5-4-10-13-7-9(12(17)18)16(10)14-11/h4-5,7-8H,2-3,6H2,1H3,(H,17,18). The molecule has 0 amide bonds. The normalized spacial score (nSPS) is 19.6. The Morgan fingerprint density at radius 3 is 3.00 bits per heavy atom. The van der Waals surface area contributed by atoms with Crippen molar-refractivity contribution in [3.8, 4) is 0 Å². The molecule has 2 aromatic rings. The molecular formula is C12H14N4O2. The molecule has 1 unspecified atom stereocenters. The highest BCUT2D eigenvalue weighted by molar-refractivity contribution is 5.86. The number of fused-ring (bicyclic) bond motifs is 1. The van der Waals surface area contributed by atoms with Gasteiger partial charge in [-0.25, -0.2) is 14.3 Å². The van der Waals surface area contributed by atoms with E-state index in [1.807, 2.05) is 6.07 Å². The van der Waals surface area contributed by atoms with Gasteiger partial charge in [0.2, 0.25) is 0 Å². The summed E-state index contributed by atoms with van der Waals surface area (Å²) >= 11 is 0. The first-order valence-electron chi connectivity index (χ1n) is 6.01. The monoisotopic (exact) mass is 246 g/mol. The van der Waals surface area contributed by atoms with Gasteiger partial charge < -0.3 is 10.0 Å². The molecule has 1 saturated heterocycles. The predicted octanol–water partition coefficient (Wildman–Crippen LogP) is 1.42. The molecule has 3 heterocycles. The van der Waals surface area contributed by atoms with E-state index in [0.29, 0.717) is 11.7 Å². The van der Waals surface area contributed by atoms with E-state index in [1.165, 1.54) is 10.7 Å². The third kappa shape index (κ3) is 1.61. The van der Waals surface area contributed by atoms with E-state index in [0.717, 1.165) is 25.2 Å². The molecule has 0 spiro atoms. The minimum Gasteiger partial charge on any atom is -0.476 e. The quantitative estimate of drug-likeness (QED) is 0.867. The van der Waals surface area contributed by atoms with Gasteiger partial charge in [0, 0.05) is 12.6 Å². The summed E-state index contributed by atoms with van der Waals surface area (Å²) in [5.74, 6) is -0.199. The molecule has 1 fully saturated rings. The second-order valence-corrected chi connectivity index (χ2v) is 4.59. The highest BCUT2D eigenvalue weighted by Gasteiger charge is 2.22. The van der Waals surface area contributed by atoms with Gasteiger partial charge in [0.05, 0.1) is 6.20 Å². The van der Waals surface area contributed by atoms with Gasteiger partial charge in [-0.05, 0) is 31.9 Å². The fraction of sp³-hybridized carbons (Fsp3) is 0.417. The van der Waals surface area contributed by atoms with Gasteiger partial charge in [-0.15, -0.1) is 5.10 Å². The molecule has 1 N–H and O–H groups in total. The van der Waals surface area contributed by atoms with Crippen molar-refractivity contribution in [2.24, 2.45) is 0 Å². The Morgan fingerprint density at radius 2 is 2.33 bits per heavy atom. The van der Waals surface area contributed by atoms with Crippen molar-refractivity contribution in [3.63, 3.8) is 0 Å². The molecule has 2 aromatic heterocycles. The van der Waals surface area contributed by atoms with Gasteiger partial charge in [0.25, 0.3) is 0 Å². The molecule has 1 aliphatic rings. The van der Waals surface area contributed by atoms with Crippen LogP contribution in [0.5, 0.6) is 0 Å². The molecule has 1 atom stereocenters. The smallest absolute Gasteiger partial charge is 0.356 e. The average molecular weight is 246 g/mol. The van der Waals surface area contributed by atoms with Crippen molar-refractivity contribution < 1.29 is 9.90 Å². The summed E-state index contributed by atoms with van der Waals surface area (Å²) in [6.45, 7) is 3.13. The number of aromatic carboxylic acids is 1. The fourth-order valence-corrected chi connectivity index (χ4v) is 2.44. The van der Waals surface area contributed by atoms with E-state index < -0.39 is 5.97 Å². The zero-order valence-corrected chi connectivity index (χ0v) is 10.1. The van der Waals surface area contributed by atoms with Crippen molar-refractivity contribution >= 4 is 17.4 Å². The Bertz CT molecular complexity index is 607. The van der Waals surface area contributed by atoms with Gasteiger partial charge in [0.1, 0.15) is 5.82 Å². The first-order chi connectivity index (χ1) is 8.66. The van der Waals surface area contributed by atoms with Crippen LogP contribution in [0, 0.1) is 0 Å². The maximum Gasteiger partial charge on any atom is 0.356 e. The molecule has 6 heteroatoms. The second kappa shape index (κ2) is 3.97. The summed E-state index contributed by atoms with van der Waals surface area (Å²) < 4.78 is 1.39. The van der Waals surface area contributed by atoms with E-state index >= 15 is 0 Å². The van der Waals surface area contributed by atoms with Crippen LogP contribution in [0.15, 0.2) is 18.3 Å². The summed E-state index contributed by atoms with van der Waals surface area (Å²) in [6, 6.07) is 4.15. The highest BCUT2D eigenvalue weighted by atomic mass is 16.4. The lowest BCUT2D eigenvalue weighted by Crippen LogP contribution is -2.27. The summed E-state index contributed by atoms with van der Waals surface area (Å²) in [4.78, 5) is 17.3. The van der Waals surface area contributed by atoms with Crippen LogP contribution in [0.4, 0.5) is 5.82 Å². The predicted molar refractivity (Wildman–Crippen MR) is 66.0 cm³/mol. The Kier molecular flexibility index (Phi) is 2.43. The van der Waals surface area contributed by atoms with E-state index in [1.54, 1.807) is 6.07 Å². The van der Waals surface area contributed by atoms with E-state index in [2.05, 4.69) is 21.9 Å². The van der Waals surface area contributed by atoms with Crippen LogP contribution in [0.1, 0.15) is 30.3 Å². The third-order valence-corrected chi connectivity index (χ3v) is 3.41. The first-order valence-corrected chi connectivity index (χ1v) is 6.01. The van der Waals surface area contributed by atoms with Gasteiger partial charge in [-0.3, -0.25) is 0 Å². The summed E-state index contributed by atoms with van der Waals surface area (Å²) in [6.07, 6.45) is 3.63. The minimum absolute atomic E-state index is 0.0960. The second-order valence-electron chi connectivity index (χ2n) is 4.59. The van der Waals surface area contributed by atoms with E-state index in [-0.39, 0.29) is 5.69 Å². The fourth-order valence-electron chi connectivity index (χ4n) is 2.44. The zero-order valence-electron chi connectivity index (χ0n) is 10.1. The Labute approximate surface area is 104 Å². The van der Waals surface area contributed by atoms with E-state index in [4.69, 9.17) is 5.11 Å². The SMILES string of the molecule is CC1CCCN1c1ccc2ncc(C(=O)O)n2n1. The summed E-state index contributed by atoms with van der Waals surface area (Å²) in [7, 11) is 0. The number of hydrogen-bond donors (Lipinski definition) is 1. The minimum atomic E-state index is -1.01. The number of carboxylic acids is 1. The number of nitrogens with zero attached hydrogens (tertiary/aromatic N) is 4. The molecule has 0 saturated carbocycles. The number of hydrogen-bond acceptors (Lipinski definition) is 4. The summed E-state index contributed by atoms with van der Waals surface area (Å²) in [5, 5.41) is 13.5. The molecule has 3 rings (SSSR count).